The van der Waals surface area contributed by atoms with Crippen molar-refractivity contribution in [1.82, 2.24) is 5.32 Å². The third-order valence-corrected chi connectivity index (χ3v) is 2.72. The van der Waals surface area contributed by atoms with Crippen LogP contribution < -0.4 is 11.1 Å². The first-order chi connectivity index (χ1) is 7.41. The monoisotopic (exact) mass is 224 g/mol. The van der Waals surface area contributed by atoms with Gasteiger partial charge in [-0.05, 0) is 33.1 Å². The second-order valence-corrected chi connectivity index (χ2v) is 5.00. The lowest BCUT2D eigenvalue weighted by Gasteiger charge is -2.28. The summed E-state index contributed by atoms with van der Waals surface area (Å²) in [5.74, 6) is -0.332. The molecule has 4 heteroatoms. The Kier molecular flexibility index (Phi) is 4.10. The van der Waals surface area contributed by atoms with E-state index in [1.165, 1.54) is 0 Å². The van der Waals surface area contributed by atoms with Gasteiger partial charge in [0.25, 0.3) is 0 Å². The molecule has 4 nitrogen and oxygen atoms in total. The predicted molar refractivity (Wildman–Crippen MR) is 62.5 cm³/mol. The molecule has 1 atom stereocenters. The Morgan fingerprint density at radius 2 is 2.12 bits per heavy atom. The van der Waals surface area contributed by atoms with E-state index in [0.717, 1.165) is 19.3 Å². The van der Waals surface area contributed by atoms with E-state index in [2.05, 4.69) is 11.4 Å². The summed E-state index contributed by atoms with van der Waals surface area (Å²) in [7, 11) is 0. The summed E-state index contributed by atoms with van der Waals surface area (Å²) in [6.07, 6.45) is 6.93. The molecular formula is C12H20N2O2. The van der Waals surface area contributed by atoms with Gasteiger partial charge in [0.1, 0.15) is 0 Å². The highest BCUT2D eigenvalue weighted by atomic mass is 16.2. The zero-order chi connectivity index (χ0) is 12.2. The minimum absolute atomic E-state index is 0.0237. The third-order valence-electron chi connectivity index (χ3n) is 2.72. The zero-order valence-corrected chi connectivity index (χ0v) is 9.95. The Hall–Kier alpha value is -1.32. The van der Waals surface area contributed by atoms with Gasteiger partial charge in [0, 0.05) is 17.9 Å². The standard InChI is InChI=1S/C12H20N2O2/c1-12(2,8-10(13)15)14-11(16)9-6-4-3-5-7-9/h3-4,9H,5-8H2,1-2H3,(H2,13,15)(H,14,16)/t9-/m0/s1. The fraction of sp³-hybridized carbons (Fsp3) is 0.667. The van der Waals surface area contributed by atoms with E-state index in [1.54, 1.807) is 0 Å². The van der Waals surface area contributed by atoms with Gasteiger partial charge in [0.05, 0.1) is 0 Å². The molecule has 0 aliphatic heterocycles. The summed E-state index contributed by atoms with van der Waals surface area (Å²) in [5, 5.41) is 2.88. The maximum absolute atomic E-state index is 11.9. The lowest BCUT2D eigenvalue weighted by atomic mass is 9.91. The van der Waals surface area contributed by atoms with Crippen LogP contribution in [0, 0.1) is 5.92 Å². The molecule has 16 heavy (non-hydrogen) atoms. The fourth-order valence-electron chi connectivity index (χ4n) is 1.95. The van der Waals surface area contributed by atoms with Gasteiger partial charge in [0.2, 0.25) is 11.8 Å². The van der Waals surface area contributed by atoms with Gasteiger partial charge >= 0.3 is 0 Å². The molecule has 0 aromatic heterocycles. The topological polar surface area (TPSA) is 72.2 Å². The fourth-order valence-corrected chi connectivity index (χ4v) is 1.95. The van der Waals surface area contributed by atoms with Crippen LogP contribution in [0.25, 0.3) is 0 Å². The summed E-state index contributed by atoms with van der Waals surface area (Å²) >= 11 is 0. The predicted octanol–water partition coefficient (Wildman–Crippen LogP) is 1.11. The molecule has 0 saturated carbocycles. The molecule has 2 amide bonds. The molecule has 1 rings (SSSR count). The summed E-state index contributed by atoms with van der Waals surface area (Å²) in [5.41, 5.74) is 4.58. The summed E-state index contributed by atoms with van der Waals surface area (Å²) in [6, 6.07) is 0. The van der Waals surface area contributed by atoms with Crippen LogP contribution in [-0.2, 0) is 9.59 Å². The van der Waals surface area contributed by atoms with E-state index >= 15 is 0 Å². The van der Waals surface area contributed by atoms with E-state index in [9.17, 15) is 9.59 Å². The van der Waals surface area contributed by atoms with Crippen LogP contribution in [0.4, 0.5) is 0 Å². The van der Waals surface area contributed by atoms with Crippen molar-refractivity contribution in [1.29, 1.82) is 0 Å². The minimum Gasteiger partial charge on any atom is -0.370 e. The molecule has 0 heterocycles. The van der Waals surface area contributed by atoms with E-state index in [0.29, 0.717) is 0 Å². The highest BCUT2D eigenvalue weighted by Gasteiger charge is 2.27. The average molecular weight is 224 g/mol. The minimum atomic E-state index is -0.552. The van der Waals surface area contributed by atoms with Gasteiger partial charge in [-0.3, -0.25) is 9.59 Å². The first-order valence-electron chi connectivity index (χ1n) is 5.66. The van der Waals surface area contributed by atoms with Crippen molar-refractivity contribution in [3.63, 3.8) is 0 Å². The number of nitrogens with two attached hydrogens (primary N) is 1. The van der Waals surface area contributed by atoms with Crippen LogP contribution in [0.1, 0.15) is 39.5 Å². The van der Waals surface area contributed by atoms with Crippen LogP contribution in [0.2, 0.25) is 0 Å². The summed E-state index contributed by atoms with van der Waals surface area (Å²) < 4.78 is 0. The Balaban J connectivity index is 2.49. The molecule has 90 valence electrons. The molecule has 1 aliphatic carbocycles. The van der Waals surface area contributed by atoms with Gasteiger partial charge in [-0.25, -0.2) is 0 Å². The lowest BCUT2D eigenvalue weighted by Crippen LogP contribution is -2.48. The molecular weight excluding hydrogens is 204 g/mol. The molecule has 0 radical (unpaired) electrons. The molecule has 0 aromatic carbocycles. The van der Waals surface area contributed by atoms with Gasteiger partial charge in [-0.2, -0.15) is 0 Å². The van der Waals surface area contributed by atoms with Gasteiger partial charge in [0.15, 0.2) is 0 Å². The molecule has 0 fully saturated rings. The Labute approximate surface area is 96.3 Å². The van der Waals surface area contributed by atoms with E-state index in [1.807, 2.05) is 19.9 Å². The first-order valence-corrected chi connectivity index (χ1v) is 5.66. The summed E-state index contributed by atoms with van der Waals surface area (Å²) in [6.45, 7) is 3.63. The van der Waals surface area contributed by atoms with Gasteiger partial charge in [-0.1, -0.05) is 12.2 Å². The number of carbonyl (C=O) groups is 2. The number of rotatable bonds is 4. The van der Waals surface area contributed by atoms with Crippen LogP contribution >= 0.6 is 0 Å². The summed E-state index contributed by atoms with van der Waals surface area (Å²) in [4.78, 5) is 22.7. The van der Waals surface area contributed by atoms with Crippen molar-refractivity contribution in [2.45, 2.75) is 45.1 Å². The molecule has 0 saturated heterocycles. The van der Waals surface area contributed by atoms with Crippen molar-refractivity contribution in [2.24, 2.45) is 11.7 Å². The molecule has 0 aromatic rings. The number of amides is 2. The normalized spacial score (nSPS) is 20.5. The largest absolute Gasteiger partial charge is 0.370 e. The highest BCUT2D eigenvalue weighted by Crippen LogP contribution is 2.19. The van der Waals surface area contributed by atoms with Crippen molar-refractivity contribution < 1.29 is 9.59 Å². The first kappa shape index (κ1) is 12.7. The molecule has 0 bridgehead atoms. The van der Waals surface area contributed by atoms with Crippen LogP contribution in [0.15, 0.2) is 12.2 Å². The van der Waals surface area contributed by atoms with E-state index < -0.39 is 11.4 Å². The van der Waals surface area contributed by atoms with Crippen LogP contribution in [-0.4, -0.2) is 17.4 Å². The van der Waals surface area contributed by atoms with Gasteiger partial charge in [-0.15, -0.1) is 0 Å². The maximum Gasteiger partial charge on any atom is 0.223 e. The smallest absolute Gasteiger partial charge is 0.223 e. The van der Waals surface area contributed by atoms with E-state index in [4.69, 9.17) is 5.73 Å². The van der Waals surface area contributed by atoms with Crippen molar-refractivity contribution in [3.8, 4) is 0 Å². The maximum atomic E-state index is 11.9. The lowest BCUT2D eigenvalue weighted by molar-refractivity contribution is -0.127. The van der Waals surface area contributed by atoms with Crippen molar-refractivity contribution in [2.75, 3.05) is 0 Å². The number of nitrogens with one attached hydrogen (secondary N) is 1. The number of carbonyl (C=O) groups excluding carboxylic acids is 2. The molecule has 0 unspecified atom stereocenters. The number of hydrogen-bond donors (Lipinski definition) is 2. The molecule has 0 spiro atoms. The molecule has 3 N–H and O–H groups in total. The van der Waals surface area contributed by atoms with Crippen molar-refractivity contribution in [3.05, 3.63) is 12.2 Å². The average Bonchev–Trinajstić information content (AvgIpc) is 2.16. The van der Waals surface area contributed by atoms with Gasteiger partial charge < -0.3 is 11.1 Å². The van der Waals surface area contributed by atoms with Crippen molar-refractivity contribution >= 4 is 11.8 Å². The second kappa shape index (κ2) is 5.14. The zero-order valence-electron chi connectivity index (χ0n) is 9.95. The second-order valence-electron chi connectivity index (χ2n) is 5.00. The highest BCUT2D eigenvalue weighted by molar-refractivity contribution is 5.81. The third kappa shape index (κ3) is 4.04. The van der Waals surface area contributed by atoms with Crippen LogP contribution in [0.5, 0.6) is 0 Å². The number of primary amides is 1. The quantitative estimate of drug-likeness (QED) is 0.702. The Morgan fingerprint density at radius 1 is 1.44 bits per heavy atom. The Morgan fingerprint density at radius 3 is 2.62 bits per heavy atom. The number of allylic oxidation sites excluding steroid dienone is 2. The van der Waals surface area contributed by atoms with E-state index in [-0.39, 0.29) is 18.2 Å². The number of hydrogen-bond acceptors (Lipinski definition) is 2. The Bertz CT molecular complexity index is 308. The molecule has 1 aliphatic rings. The SMILES string of the molecule is CC(C)(CC(N)=O)NC(=O)[C@H]1CC=CCC1. The van der Waals surface area contributed by atoms with Crippen LogP contribution in [0.3, 0.4) is 0 Å².